The Kier molecular flexibility index (Phi) is 4.43. The molecule has 0 bridgehead atoms. The highest BCUT2D eigenvalue weighted by Gasteiger charge is 2.11. The minimum atomic E-state index is 0.681. The van der Waals surface area contributed by atoms with Gasteiger partial charge >= 0.3 is 0 Å². The Labute approximate surface area is 110 Å². The molecule has 1 atom stereocenters. The fourth-order valence-corrected chi connectivity index (χ4v) is 2.55. The second kappa shape index (κ2) is 6.05. The molecule has 2 nitrogen and oxygen atoms in total. The lowest BCUT2D eigenvalue weighted by molar-refractivity contribution is 0.217. The van der Waals surface area contributed by atoms with Gasteiger partial charge in [0.2, 0.25) is 0 Å². The number of para-hydroxylation sites is 1. The fourth-order valence-electron chi connectivity index (χ4n) is 2.55. The Bertz CT molecular complexity index is 487. The molecule has 0 radical (unpaired) electrons. The molecule has 1 heterocycles. The molecule has 0 spiro atoms. The molecule has 1 unspecified atom stereocenters. The zero-order valence-electron chi connectivity index (χ0n) is 11.7. The molecule has 0 aliphatic carbocycles. The van der Waals surface area contributed by atoms with Crippen LogP contribution >= 0.6 is 0 Å². The van der Waals surface area contributed by atoms with E-state index in [1.54, 1.807) is 0 Å². The van der Waals surface area contributed by atoms with Gasteiger partial charge in [-0.25, -0.2) is 0 Å². The zero-order valence-corrected chi connectivity index (χ0v) is 11.7. The van der Waals surface area contributed by atoms with Crippen molar-refractivity contribution in [2.45, 2.75) is 39.7 Å². The number of rotatable bonds is 6. The fraction of sp³-hybridized carbons (Fsp3) is 0.500. The van der Waals surface area contributed by atoms with Crippen molar-refractivity contribution < 1.29 is 0 Å². The van der Waals surface area contributed by atoms with Gasteiger partial charge in [0.15, 0.2) is 0 Å². The first kappa shape index (κ1) is 13.2. The summed E-state index contributed by atoms with van der Waals surface area (Å²) >= 11 is 0. The molecule has 18 heavy (non-hydrogen) atoms. The number of benzene rings is 1. The number of aromatic amines is 1. The van der Waals surface area contributed by atoms with Crippen LogP contribution in [0.5, 0.6) is 0 Å². The largest absolute Gasteiger partial charge is 0.361 e. The minimum absolute atomic E-state index is 0.681. The summed E-state index contributed by atoms with van der Waals surface area (Å²) in [6.07, 6.45) is 4.51. The van der Waals surface area contributed by atoms with Crippen LogP contribution in [0.3, 0.4) is 0 Å². The van der Waals surface area contributed by atoms with E-state index >= 15 is 0 Å². The van der Waals surface area contributed by atoms with Gasteiger partial charge in [-0.15, -0.1) is 0 Å². The van der Waals surface area contributed by atoms with Crippen LogP contribution in [0.25, 0.3) is 10.9 Å². The van der Waals surface area contributed by atoms with Gasteiger partial charge in [-0.3, -0.25) is 0 Å². The van der Waals surface area contributed by atoms with Crippen molar-refractivity contribution >= 4 is 10.9 Å². The van der Waals surface area contributed by atoms with Gasteiger partial charge in [-0.05, 0) is 37.9 Å². The summed E-state index contributed by atoms with van der Waals surface area (Å²) in [7, 11) is 0. The normalized spacial score (nSPS) is 13.3. The molecular formula is C16H24N2. The Balaban J connectivity index is 2.05. The summed E-state index contributed by atoms with van der Waals surface area (Å²) < 4.78 is 0. The predicted molar refractivity (Wildman–Crippen MR) is 79.0 cm³/mol. The third-order valence-corrected chi connectivity index (χ3v) is 3.96. The zero-order chi connectivity index (χ0) is 13.0. The number of H-pyrrole nitrogens is 1. The first-order valence-corrected chi connectivity index (χ1v) is 7.05. The Morgan fingerprint density at radius 3 is 2.72 bits per heavy atom. The first-order valence-electron chi connectivity index (χ1n) is 7.05. The molecule has 2 aromatic rings. The van der Waals surface area contributed by atoms with Crippen molar-refractivity contribution in [1.29, 1.82) is 0 Å². The van der Waals surface area contributed by atoms with Crippen molar-refractivity contribution in [3.63, 3.8) is 0 Å². The summed E-state index contributed by atoms with van der Waals surface area (Å²) in [6.45, 7) is 9.11. The van der Waals surface area contributed by atoms with E-state index in [1.165, 1.54) is 22.9 Å². The van der Waals surface area contributed by atoms with Gasteiger partial charge in [-0.1, -0.05) is 32.0 Å². The quantitative estimate of drug-likeness (QED) is 0.818. The standard InChI is InChI=1S/C16H24N2/c1-4-13(3)18(5-2)11-10-14-12-17-16-9-7-6-8-15(14)16/h6-9,12-13,17H,4-5,10-11H2,1-3H3. The minimum Gasteiger partial charge on any atom is -0.361 e. The van der Waals surface area contributed by atoms with E-state index < -0.39 is 0 Å². The van der Waals surface area contributed by atoms with Crippen molar-refractivity contribution in [2.24, 2.45) is 0 Å². The second-order valence-corrected chi connectivity index (χ2v) is 5.00. The van der Waals surface area contributed by atoms with Crippen LogP contribution in [0, 0.1) is 0 Å². The van der Waals surface area contributed by atoms with Crippen LogP contribution < -0.4 is 0 Å². The highest BCUT2D eigenvalue weighted by Crippen LogP contribution is 2.18. The molecule has 2 heteroatoms. The van der Waals surface area contributed by atoms with Gasteiger partial charge in [0.05, 0.1) is 0 Å². The highest BCUT2D eigenvalue weighted by molar-refractivity contribution is 5.83. The lowest BCUT2D eigenvalue weighted by atomic mass is 10.1. The van der Waals surface area contributed by atoms with E-state index in [-0.39, 0.29) is 0 Å². The molecule has 0 aliphatic rings. The smallest absolute Gasteiger partial charge is 0.0456 e. The van der Waals surface area contributed by atoms with Crippen molar-refractivity contribution in [2.75, 3.05) is 13.1 Å². The van der Waals surface area contributed by atoms with Gasteiger partial charge < -0.3 is 9.88 Å². The highest BCUT2D eigenvalue weighted by atomic mass is 15.1. The van der Waals surface area contributed by atoms with E-state index in [9.17, 15) is 0 Å². The van der Waals surface area contributed by atoms with Crippen LogP contribution in [0.15, 0.2) is 30.5 Å². The van der Waals surface area contributed by atoms with Crippen LogP contribution in [-0.4, -0.2) is 29.0 Å². The molecule has 98 valence electrons. The number of likely N-dealkylation sites (N-methyl/N-ethyl adjacent to an activating group) is 1. The summed E-state index contributed by atoms with van der Waals surface area (Å²) in [4.78, 5) is 5.91. The summed E-state index contributed by atoms with van der Waals surface area (Å²) in [5.41, 5.74) is 2.69. The molecule has 0 saturated heterocycles. The molecule has 0 fully saturated rings. The Morgan fingerprint density at radius 1 is 1.22 bits per heavy atom. The molecular weight excluding hydrogens is 220 g/mol. The monoisotopic (exact) mass is 244 g/mol. The first-order chi connectivity index (χ1) is 8.76. The number of nitrogens with one attached hydrogen (secondary N) is 1. The maximum atomic E-state index is 3.35. The van der Waals surface area contributed by atoms with E-state index in [0.717, 1.165) is 19.5 Å². The molecule has 1 aromatic carbocycles. The van der Waals surface area contributed by atoms with Gasteiger partial charge in [-0.2, -0.15) is 0 Å². The number of hydrogen-bond acceptors (Lipinski definition) is 1. The summed E-state index contributed by atoms with van der Waals surface area (Å²) in [5, 5.41) is 1.37. The molecule has 2 rings (SSSR count). The van der Waals surface area contributed by atoms with E-state index in [4.69, 9.17) is 0 Å². The molecule has 1 aromatic heterocycles. The van der Waals surface area contributed by atoms with Crippen molar-refractivity contribution in [3.05, 3.63) is 36.0 Å². The molecule has 1 N–H and O–H groups in total. The van der Waals surface area contributed by atoms with Crippen LogP contribution in [0.2, 0.25) is 0 Å². The SMILES string of the molecule is CCC(C)N(CC)CCc1c[nH]c2ccccc12. The van der Waals surface area contributed by atoms with E-state index in [1.807, 2.05) is 0 Å². The van der Waals surface area contributed by atoms with Crippen LogP contribution in [0.1, 0.15) is 32.8 Å². The van der Waals surface area contributed by atoms with Crippen molar-refractivity contribution in [1.82, 2.24) is 9.88 Å². The lowest BCUT2D eigenvalue weighted by Gasteiger charge is -2.26. The average molecular weight is 244 g/mol. The summed E-state index contributed by atoms with van der Waals surface area (Å²) in [5.74, 6) is 0. The number of fused-ring (bicyclic) bond motifs is 1. The third-order valence-electron chi connectivity index (χ3n) is 3.96. The van der Waals surface area contributed by atoms with Gasteiger partial charge in [0.25, 0.3) is 0 Å². The number of hydrogen-bond donors (Lipinski definition) is 1. The average Bonchev–Trinajstić information content (AvgIpc) is 2.82. The second-order valence-electron chi connectivity index (χ2n) is 5.00. The predicted octanol–water partition coefficient (Wildman–Crippen LogP) is 3.83. The number of aromatic nitrogens is 1. The van der Waals surface area contributed by atoms with Crippen molar-refractivity contribution in [3.8, 4) is 0 Å². The van der Waals surface area contributed by atoms with Gasteiger partial charge in [0.1, 0.15) is 0 Å². The Hall–Kier alpha value is -1.28. The Morgan fingerprint density at radius 2 is 2.00 bits per heavy atom. The third kappa shape index (κ3) is 2.75. The summed E-state index contributed by atoms with van der Waals surface area (Å²) in [6, 6.07) is 9.23. The van der Waals surface area contributed by atoms with Gasteiger partial charge in [0, 0.05) is 29.7 Å². The molecule has 0 aliphatic heterocycles. The van der Waals surface area contributed by atoms with E-state index in [2.05, 4.69) is 61.1 Å². The van der Waals surface area contributed by atoms with Crippen LogP contribution in [0.4, 0.5) is 0 Å². The maximum absolute atomic E-state index is 3.35. The molecule has 0 saturated carbocycles. The van der Waals surface area contributed by atoms with E-state index in [0.29, 0.717) is 6.04 Å². The lowest BCUT2D eigenvalue weighted by Crippen LogP contribution is -2.34. The number of nitrogens with zero attached hydrogens (tertiary/aromatic N) is 1. The molecule has 0 amide bonds. The van der Waals surface area contributed by atoms with Crippen LogP contribution in [-0.2, 0) is 6.42 Å². The topological polar surface area (TPSA) is 19.0 Å². The maximum Gasteiger partial charge on any atom is 0.0456 e.